The van der Waals surface area contributed by atoms with Gasteiger partial charge in [-0.05, 0) is 44.2 Å². The van der Waals surface area contributed by atoms with Gasteiger partial charge < -0.3 is 9.87 Å². The van der Waals surface area contributed by atoms with Crippen LogP contribution in [0.15, 0.2) is 0 Å². The molecule has 0 aromatic carbocycles. The van der Waals surface area contributed by atoms with E-state index in [4.69, 9.17) is 0 Å². The zero-order valence-corrected chi connectivity index (χ0v) is 12.2. The Labute approximate surface area is 108 Å². The Kier molecular flexibility index (Phi) is 4.08. The number of rotatable bonds is 3. The second kappa shape index (κ2) is 5.08. The van der Waals surface area contributed by atoms with Gasteiger partial charge >= 0.3 is 0 Å². The topological polar surface area (TPSA) is 47.1 Å². The van der Waals surface area contributed by atoms with Gasteiger partial charge in [0.2, 0.25) is 0 Å². The molecule has 1 heterocycles. The van der Waals surface area contributed by atoms with E-state index >= 15 is 0 Å². The van der Waals surface area contributed by atoms with Crippen molar-refractivity contribution >= 4 is 11.4 Å². The minimum Gasteiger partial charge on any atom is -0.598 e. The molecule has 17 heavy (non-hydrogen) atoms. The fourth-order valence-electron chi connectivity index (χ4n) is 3.06. The lowest BCUT2D eigenvalue weighted by Gasteiger charge is -2.50. The number of nitrogens with one attached hydrogen (secondary N) is 2. The van der Waals surface area contributed by atoms with E-state index in [-0.39, 0.29) is 5.41 Å². The molecule has 2 N–H and O–H groups in total. The van der Waals surface area contributed by atoms with E-state index in [0.717, 1.165) is 18.8 Å². The van der Waals surface area contributed by atoms with E-state index in [2.05, 4.69) is 30.8 Å². The fraction of sp³-hybridized carbons (Fsp3) is 1.00. The molecular formula is C13H26N2OS. The van der Waals surface area contributed by atoms with Crippen molar-refractivity contribution in [1.82, 2.24) is 10.0 Å². The molecule has 2 fully saturated rings. The molecule has 1 unspecified atom stereocenters. The molecule has 1 atom stereocenters. The van der Waals surface area contributed by atoms with E-state index in [1.807, 2.05) is 0 Å². The van der Waals surface area contributed by atoms with Crippen LogP contribution in [-0.2, 0) is 11.4 Å². The highest BCUT2D eigenvalue weighted by Crippen LogP contribution is 2.48. The smallest absolute Gasteiger partial charge is 0.130 e. The van der Waals surface area contributed by atoms with E-state index in [9.17, 15) is 4.55 Å². The molecule has 0 radical (unpaired) electrons. The van der Waals surface area contributed by atoms with Gasteiger partial charge in [-0.15, -0.1) is 4.72 Å². The standard InChI is InChI=1S/C13H26N2OS/c1-12(2,3)10-17(16)15-11-8-13(9-11)4-6-14-7-5-13/h11,14-15H,4-10H2,1-3H3. The molecule has 0 aromatic heterocycles. The predicted molar refractivity (Wildman–Crippen MR) is 73.2 cm³/mol. The van der Waals surface area contributed by atoms with E-state index in [0.29, 0.717) is 11.5 Å². The fourth-order valence-corrected chi connectivity index (χ4v) is 4.46. The number of hydrogen-bond donors (Lipinski definition) is 2. The minimum atomic E-state index is -0.855. The van der Waals surface area contributed by atoms with Crippen LogP contribution < -0.4 is 10.0 Å². The van der Waals surface area contributed by atoms with Gasteiger partial charge in [0.1, 0.15) is 5.75 Å². The summed E-state index contributed by atoms with van der Waals surface area (Å²) in [5.74, 6) is 0.748. The second-order valence-corrected chi connectivity index (χ2v) is 8.24. The number of piperidine rings is 1. The third-order valence-corrected chi connectivity index (χ3v) is 5.61. The van der Waals surface area contributed by atoms with Crippen LogP contribution >= 0.6 is 0 Å². The van der Waals surface area contributed by atoms with E-state index < -0.39 is 11.4 Å². The molecule has 1 saturated heterocycles. The highest BCUT2D eigenvalue weighted by atomic mass is 32.2. The lowest BCUT2D eigenvalue weighted by Crippen LogP contribution is -2.55. The van der Waals surface area contributed by atoms with Crippen LogP contribution in [0.25, 0.3) is 0 Å². The van der Waals surface area contributed by atoms with E-state index in [1.54, 1.807) is 0 Å². The van der Waals surface area contributed by atoms with Crippen molar-refractivity contribution in [1.29, 1.82) is 0 Å². The summed E-state index contributed by atoms with van der Waals surface area (Å²) in [6, 6.07) is 0.497. The van der Waals surface area contributed by atoms with Crippen LogP contribution in [-0.4, -0.2) is 29.4 Å². The summed E-state index contributed by atoms with van der Waals surface area (Å²) in [6.07, 6.45) is 5.06. The summed E-state index contributed by atoms with van der Waals surface area (Å²) >= 11 is -0.855. The van der Waals surface area contributed by atoms with Gasteiger partial charge in [0, 0.05) is 16.8 Å². The lowest BCUT2D eigenvalue weighted by molar-refractivity contribution is 0.0561. The van der Waals surface area contributed by atoms with Crippen LogP contribution in [0, 0.1) is 10.8 Å². The largest absolute Gasteiger partial charge is 0.598 e. The van der Waals surface area contributed by atoms with Crippen molar-refractivity contribution in [2.45, 2.75) is 52.5 Å². The summed E-state index contributed by atoms with van der Waals surface area (Å²) in [5.41, 5.74) is 0.725. The molecule has 0 amide bonds. The molecule has 2 aliphatic rings. The maximum absolute atomic E-state index is 11.9. The van der Waals surface area contributed by atoms with Gasteiger partial charge in [-0.25, -0.2) is 0 Å². The van der Waals surface area contributed by atoms with Gasteiger partial charge in [0.25, 0.3) is 0 Å². The average molecular weight is 258 g/mol. The molecule has 1 saturated carbocycles. The van der Waals surface area contributed by atoms with E-state index in [1.165, 1.54) is 25.7 Å². The summed E-state index contributed by atoms with van der Waals surface area (Å²) in [7, 11) is 0. The average Bonchev–Trinajstić information content (AvgIpc) is 2.13. The summed E-state index contributed by atoms with van der Waals surface area (Å²) in [4.78, 5) is 0. The third kappa shape index (κ3) is 3.85. The Morgan fingerprint density at radius 1 is 1.29 bits per heavy atom. The molecule has 2 rings (SSSR count). The summed E-state index contributed by atoms with van der Waals surface area (Å²) < 4.78 is 15.2. The van der Waals surface area contributed by atoms with Crippen LogP contribution in [0.5, 0.6) is 0 Å². The molecule has 4 heteroatoms. The van der Waals surface area contributed by atoms with Gasteiger partial charge in [-0.1, -0.05) is 20.8 Å². The van der Waals surface area contributed by atoms with Gasteiger partial charge in [-0.3, -0.25) is 0 Å². The first-order valence-electron chi connectivity index (χ1n) is 6.74. The van der Waals surface area contributed by atoms with Crippen LogP contribution in [0.2, 0.25) is 0 Å². The first-order chi connectivity index (χ1) is 7.89. The van der Waals surface area contributed by atoms with Crippen LogP contribution in [0.3, 0.4) is 0 Å². The molecule has 1 aliphatic heterocycles. The van der Waals surface area contributed by atoms with Crippen LogP contribution in [0.4, 0.5) is 0 Å². The zero-order chi connectivity index (χ0) is 12.5. The summed E-state index contributed by atoms with van der Waals surface area (Å²) in [5, 5.41) is 3.41. The Balaban J connectivity index is 1.69. The highest BCUT2D eigenvalue weighted by Gasteiger charge is 2.46. The lowest BCUT2D eigenvalue weighted by atomic mass is 9.61. The SMILES string of the molecule is CC(C)(C)C[S+]([O-])NC1CC2(CCNCC2)C1. The van der Waals surface area contributed by atoms with Gasteiger partial charge in [0.05, 0.1) is 6.04 Å². The Morgan fingerprint density at radius 3 is 2.41 bits per heavy atom. The monoisotopic (exact) mass is 258 g/mol. The van der Waals surface area contributed by atoms with Gasteiger partial charge in [-0.2, -0.15) is 0 Å². The maximum Gasteiger partial charge on any atom is 0.130 e. The third-order valence-electron chi connectivity index (χ3n) is 3.89. The molecule has 1 aliphatic carbocycles. The molecular weight excluding hydrogens is 232 g/mol. The normalized spacial score (nSPS) is 26.8. The molecule has 3 nitrogen and oxygen atoms in total. The molecule has 100 valence electrons. The van der Waals surface area contributed by atoms with Crippen molar-refractivity contribution in [3.63, 3.8) is 0 Å². The molecule has 0 bridgehead atoms. The minimum absolute atomic E-state index is 0.147. The van der Waals surface area contributed by atoms with Crippen molar-refractivity contribution in [2.75, 3.05) is 18.8 Å². The molecule has 0 aromatic rings. The Hall–Kier alpha value is 0.230. The maximum atomic E-state index is 11.9. The predicted octanol–water partition coefficient (Wildman–Crippen LogP) is 1.82. The second-order valence-electron chi connectivity index (χ2n) is 7.02. The quantitative estimate of drug-likeness (QED) is 0.759. The Morgan fingerprint density at radius 2 is 1.88 bits per heavy atom. The first-order valence-corrected chi connectivity index (χ1v) is 8.06. The Bertz CT molecular complexity index is 251. The van der Waals surface area contributed by atoms with Crippen LogP contribution in [0.1, 0.15) is 46.5 Å². The van der Waals surface area contributed by atoms with Crippen molar-refractivity contribution < 1.29 is 4.55 Å². The van der Waals surface area contributed by atoms with Crippen molar-refractivity contribution in [3.8, 4) is 0 Å². The first kappa shape index (κ1) is 13.7. The van der Waals surface area contributed by atoms with Crippen molar-refractivity contribution in [3.05, 3.63) is 0 Å². The molecule has 1 spiro atoms. The zero-order valence-electron chi connectivity index (χ0n) is 11.3. The van der Waals surface area contributed by atoms with Gasteiger partial charge in [0.15, 0.2) is 0 Å². The number of hydrogen-bond acceptors (Lipinski definition) is 3. The van der Waals surface area contributed by atoms with Crippen molar-refractivity contribution in [2.24, 2.45) is 10.8 Å². The highest BCUT2D eigenvalue weighted by molar-refractivity contribution is 7.89. The summed E-state index contributed by atoms with van der Waals surface area (Å²) in [6.45, 7) is 8.75.